The van der Waals surface area contributed by atoms with E-state index in [4.69, 9.17) is 24.4 Å². The Morgan fingerprint density at radius 3 is 1.37 bits per heavy atom. The number of anilines is 2. The highest BCUT2D eigenvalue weighted by Crippen LogP contribution is 2.42. The van der Waals surface area contributed by atoms with Gasteiger partial charge in [0.15, 0.2) is 0 Å². The first-order chi connectivity index (χ1) is 18.1. The molecule has 196 valence electrons. The van der Waals surface area contributed by atoms with Crippen LogP contribution in [0.5, 0.6) is 0 Å². The van der Waals surface area contributed by atoms with Crippen molar-refractivity contribution in [3.05, 3.63) is 69.5 Å². The fourth-order valence-corrected chi connectivity index (χ4v) is 6.37. The molecule has 2 aliphatic heterocycles. The minimum atomic E-state index is -0.430. The minimum absolute atomic E-state index is 0.0463. The second kappa shape index (κ2) is 12.2. The smallest absolute Gasteiger partial charge is 0.267 e. The van der Waals surface area contributed by atoms with Crippen LogP contribution in [0.4, 0.5) is 11.4 Å². The molecule has 0 aliphatic carbocycles. The summed E-state index contributed by atoms with van der Waals surface area (Å²) in [5.41, 5.74) is 3.50. The molecule has 2 heterocycles. The first kappa shape index (κ1) is 28.0. The van der Waals surface area contributed by atoms with Crippen LogP contribution in [-0.4, -0.2) is 55.2 Å². The van der Waals surface area contributed by atoms with Crippen molar-refractivity contribution < 1.29 is 19.2 Å². The van der Waals surface area contributed by atoms with Crippen LogP contribution in [-0.2, 0) is 19.2 Å². The monoisotopic (exact) mass is 584 g/mol. The minimum Gasteiger partial charge on any atom is -0.326 e. The summed E-state index contributed by atoms with van der Waals surface area (Å²) in [6.45, 7) is 4.09. The summed E-state index contributed by atoms with van der Waals surface area (Å²) >= 11 is 12.8. The molecule has 38 heavy (non-hydrogen) atoms. The van der Waals surface area contributed by atoms with Gasteiger partial charge in [0, 0.05) is 37.3 Å². The summed E-state index contributed by atoms with van der Waals surface area (Å²) in [5.74, 6) is -1.36. The first-order valence-electron chi connectivity index (χ1n) is 11.7. The molecule has 4 rings (SSSR count). The average Bonchev–Trinajstić information content (AvgIpc) is 3.32. The Bertz CT molecular complexity index is 1250. The zero-order valence-electron chi connectivity index (χ0n) is 20.6. The van der Waals surface area contributed by atoms with Gasteiger partial charge < -0.3 is 10.6 Å². The second-order valence-electron chi connectivity index (χ2n) is 8.64. The fraction of sp³-hybridized carbons (Fsp3) is 0.231. The maximum Gasteiger partial charge on any atom is 0.267 e. The van der Waals surface area contributed by atoms with E-state index < -0.39 is 11.8 Å². The lowest BCUT2D eigenvalue weighted by molar-refractivity contribution is -0.125. The van der Waals surface area contributed by atoms with Crippen molar-refractivity contribution in [1.82, 2.24) is 9.80 Å². The molecular formula is C26H24N4O4S4. The summed E-state index contributed by atoms with van der Waals surface area (Å²) in [6.07, 6.45) is 0.0926. The second-order valence-corrected chi connectivity index (χ2v) is 11.9. The molecule has 4 amide bonds. The molecule has 2 aromatic rings. The molecule has 8 nitrogen and oxygen atoms in total. The lowest BCUT2D eigenvalue weighted by Gasteiger charge is -2.15. The van der Waals surface area contributed by atoms with Gasteiger partial charge in [-0.05, 0) is 38.1 Å². The van der Waals surface area contributed by atoms with Gasteiger partial charge in [-0.3, -0.25) is 29.0 Å². The van der Waals surface area contributed by atoms with Crippen LogP contribution in [0.25, 0.3) is 0 Å². The quantitative estimate of drug-likeness (QED) is 0.343. The molecule has 0 radical (unpaired) electrons. The van der Waals surface area contributed by atoms with Gasteiger partial charge in [0.2, 0.25) is 11.8 Å². The number of thiocarbonyl (C=S) groups is 2. The van der Waals surface area contributed by atoms with Gasteiger partial charge in [0.1, 0.15) is 8.64 Å². The molecule has 0 aromatic heterocycles. The van der Waals surface area contributed by atoms with E-state index in [9.17, 15) is 19.2 Å². The lowest BCUT2D eigenvalue weighted by Crippen LogP contribution is -2.33. The molecule has 0 spiro atoms. The summed E-state index contributed by atoms with van der Waals surface area (Å²) in [7, 11) is 0. The molecule has 2 aromatic carbocycles. The number of carbonyl (C=O) groups excluding carboxylic acids is 4. The molecule has 0 atom stereocenters. The maximum atomic E-state index is 13.1. The van der Waals surface area contributed by atoms with E-state index in [1.165, 1.54) is 9.80 Å². The third kappa shape index (κ3) is 6.68. The zero-order chi connectivity index (χ0) is 27.4. The van der Waals surface area contributed by atoms with Gasteiger partial charge in [0.25, 0.3) is 11.8 Å². The van der Waals surface area contributed by atoms with Crippen molar-refractivity contribution in [3.8, 4) is 0 Å². The van der Waals surface area contributed by atoms with Crippen molar-refractivity contribution in [3.63, 3.8) is 0 Å². The predicted molar refractivity (Wildman–Crippen MR) is 160 cm³/mol. The highest BCUT2D eigenvalue weighted by molar-refractivity contribution is 8.29. The Morgan fingerprint density at radius 1 is 0.684 bits per heavy atom. The van der Waals surface area contributed by atoms with Gasteiger partial charge in [-0.25, -0.2) is 0 Å². The Hall–Kier alpha value is -3.06. The highest BCUT2D eigenvalue weighted by Gasteiger charge is 2.42. The van der Waals surface area contributed by atoms with Gasteiger partial charge in [-0.1, -0.05) is 83.4 Å². The Morgan fingerprint density at radius 2 is 1.03 bits per heavy atom. The maximum absolute atomic E-state index is 13.1. The lowest BCUT2D eigenvalue weighted by atomic mass is 10.2. The van der Waals surface area contributed by atoms with Crippen molar-refractivity contribution in [2.75, 3.05) is 23.7 Å². The number of rotatable bonds is 8. The number of hydrogen-bond donors (Lipinski definition) is 2. The van der Waals surface area contributed by atoms with E-state index >= 15 is 0 Å². The largest absolute Gasteiger partial charge is 0.326 e. The number of thioether (sulfide) groups is 2. The summed E-state index contributed by atoms with van der Waals surface area (Å²) < 4.78 is 0.548. The molecule has 0 bridgehead atoms. The van der Waals surface area contributed by atoms with Crippen molar-refractivity contribution in [1.29, 1.82) is 0 Å². The van der Waals surface area contributed by atoms with E-state index in [-0.39, 0.29) is 56.2 Å². The molecule has 0 saturated carbocycles. The first-order valence-corrected chi connectivity index (χ1v) is 14.1. The zero-order valence-corrected chi connectivity index (χ0v) is 23.9. The summed E-state index contributed by atoms with van der Waals surface area (Å²) in [6, 6.07) is 14.8. The number of aryl methyl sites for hydroxylation is 2. The average molecular weight is 585 g/mol. The van der Waals surface area contributed by atoms with Crippen LogP contribution in [0.15, 0.2) is 58.3 Å². The number of nitrogens with zero attached hydrogens (tertiary/aromatic N) is 2. The van der Waals surface area contributed by atoms with Gasteiger partial charge >= 0.3 is 0 Å². The Kier molecular flexibility index (Phi) is 8.98. The molecule has 2 fully saturated rings. The number of amides is 4. The normalized spacial score (nSPS) is 17.4. The summed E-state index contributed by atoms with van der Waals surface area (Å²) in [4.78, 5) is 54.0. The molecule has 0 unspecified atom stereocenters. The van der Waals surface area contributed by atoms with Crippen molar-refractivity contribution >= 4 is 91.6 Å². The van der Waals surface area contributed by atoms with Crippen molar-refractivity contribution in [2.24, 2.45) is 0 Å². The molecule has 2 saturated heterocycles. The number of carbonyl (C=O) groups is 4. The number of benzene rings is 2. The Balaban J connectivity index is 1.34. The Labute approximate surface area is 239 Å². The van der Waals surface area contributed by atoms with E-state index in [0.717, 1.165) is 34.7 Å². The molecule has 2 aliphatic rings. The SMILES string of the molecule is Cc1ccc(NC(=O)CCN2C(=O)/C(=C3\SC(=S)N(CCC(=O)Nc4ccc(C)cc4)C3=O)SC2=S)cc1. The van der Waals surface area contributed by atoms with Gasteiger partial charge in [-0.15, -0.1) is 0 Å². The van der Waals surface area contributed by atoms with Crippen LogP contribution in [0, 0.1) is 13.8 Å². The predicted octanol–water partition coefficient (Wildman–Crippen LogP) is 4.59. The number of hydrogen-bond acceptors (Lipinski definition) is 8. The fourth-order valence-electron chi connectivity index (χ4n) is 3.60. The van der Waals surface area contributed by atoms with Crippen LogP contribution >= 0.6 is 48.0 Å². The van der Waals surface area contributed by atoms with E-state index in [2.05, 4.69) is 10.6 Å². The van der Waals surface area contributed by atoms with E-state index in [1.807, 2.05) is 38.1 Å². The van der Waals surface area contributed by atoms with Crippen molar-refractivity contribution in [2.45, 2.75) is 26.7 Å². The summed E-state index contributed by atoms with van der Waals surface area (Å²) in [5, 5.41) is 5.59. The topological polar surface area (TPSA) is 98.8 Å². The number of nitrogens with one attached hydrogen (secondary N) is 2. The van der Waals surface area contributed by atoms with Crippen LogP contribution in [0.1, 0.15) is 24.0 Å². The molecule has 12 heteroatoms. The third-order valence-corrected chi connectivity index (χ3v) is 8.73. The van der Waals surface area contributed by atoms with Gasteiger partial charge in [0.05, 0.1) is 9.81 Å². The van der Waals surface area contributed by atoms with Crippen LogP contribution in [0.2, 0.25) is 0 Å². The highest BCUT2D eigenvalue weighted by atomic mass is 32.2. The van der Waals surface area contributed by atoms with Crippen LogP contribution in [0.3, 0.4) is 0 Å². The van der Waals surface area contributed by atoms with E-state index in [1.54, 1.807) is 24.3 Å². The third-order valence-electron chi connectivity index (χ3n) is 5.70. The van der Waals surface area contributed by atoms with Gasteiger partial charge in [-0.2, -0.15) is 0 Å². The molecular weight excluding hydrogens is 561 g/mol. The molecule has 2 N–H and O–H groups in total. The van der Waals surface area contributed by atoms with Crippen LogP contribution < -0.4 is 10.6 Å². The standard InChI is InChI=1S/C26H24N4O4S4/c1-15-3-7-17(8-4-15)27-19(31)11-13-29-23(33)21(37-25(29)35)22-24(34)30(26(36)38-22)14-12-20(32)28-18-9-5-16(2)6-10-18/h3-10H,11-14H2,1-2H3,(H,27,31)(H,28,32)/b22-21+. The van der Waals surface area contributed by atoms with E-state index in [0.29, 0.717) is 11.4 Å².